The lowest BCUT2D eigenvalue weighted by molar-refractivity contribution is 0.0902. The van der Waals surface area contributed by atoms with Crippen molar-refractivity contribution in [1.82, 2.24) is 24.8 Å². The summed E-state index contributed by atoms with van der Waals surface area (Å²) in [5.41, 5.74) is 1.77. The van der Waals surface area contributed by atoms with E-state index in [2.05, 4.69) is 25.6 Å². The van der Waals surface area contributed by atoms with Gasteiger partial charge in [0.1, 0.15) is 17.8 Å². The van der Waals surface area contributed by atoms with Gasteiger partial charge in [0.25, 0.3) is 5.91 Å². The fourth-order valence-electron chi connectivity index (χ4n) is 3.53. The van der Waals surface area contributed by atoms with Gasteiger partial charge >= 0.3 is 0 Å². The zero-order valence-corrected chi connectivity index (χ0v) is 18.4. The van der Waals surface area contributed by atoms with E-state index in [0.29, 0.717) is 22.4 Å². The van der Waals surface area contributed by atoms with E-state index in [-0.39, 0.29) is 18.3 Å². The van der Waals surface area contributed by atoms with E-state index < -0.39 is 11.9 Å². The molecule has 0 bridgehead atoms. The molecule has 2 aromatic heterocycles. The smallest absolute Gasteiger partial charge is 0.272 e. The molecule has 1 aliphatic heterocycles. The molecular weight excluding hydrogens is 432 g/mol. The maximum Gasteiger partial charge on any atom is 0.272 e. The maximum absolute atomic E-state index is 12.7. The molecule has 0 saturated carbocycles. The van der Waals surface area contributed by atoms with Crippen LogP contribution < -0.4 is 10.6 Å². The summed E-state index contributed by atoms with van der Waals surface area (Å²) in [7, 11) is 0. The molecule has 4 rings (SSSR count). The van der Waals surface area contributed by atoms with Gasteiger partial charge in [0.15, 0.2) is 0 Å². The Kier molecular flexibility index (Phi) is 6.99. The SMILES string of the molecule is Cc1cnc(NC2CCOCC2)nc1-n1cnc(C(=O)N[C@@H](CO)c2cccc(Cl)c2)c1. The van der Waals surface area contributed by atoms with E-state index in [1.165, 1.54) is 6.33 Å². The summed E-state index contributed by atoms with van der Waals surface area (Å²) in [6, 6.07) is 6.68. The fourth-order valence-corrected chi connectivity index (χ4v) is 3.73. The quantitative estimate of drug-likeness (QED) is 0.500. The molecule has 3 N–H and O–H groups in total. The van der Waals surface area contributed by atoms with E-state index in [0.717, 1.165) is 31.6 Å². The number of aryl methyl sites for hydroxylation is 1. The number of rotatable bonds is 7. The first-order valence-electron chi connectivity index (χ1n) is 10.4. The van der Waals surface area contributed by atoms with E-state index in [1.807, 2.05) is 6.92 Å². The van der Waals surface area contributed by atoms with Gasteiger partial charge in [-0.2, -0.15) is 4.98 Å². The average molecular weight is 457 g/mol. The predicted molar refractivity (Wildman–Crippen MR) is 120 cm³/mol. The molecular formula is C22H25ClN6O3. The van der Waals surface area contributed by atoms with Gasteiger partial charge in [0.05, 0.1) is 12.6 Å². The van der Waals surface area contributed by atoms with Crippen molar-refractivity contribution < 1.29 is 14.6 Å². The minimum absolute atomic E-state index is 0.211. The Hall–Kier alpha value is -3.01. The molecule has 3 heterocycles. The minimum atomic E-state index is -0.595. The predicted octanol–water partition coefficient (Wildman–Crippen LogP) is 2.68. The first-order chi connectivity index (χ1) is 15.5. The molecule has 1 amide bonds. The number of aromatic nitrogens is 4. The highest BCUT2D eigenvalue weighted by molar-refractivity contribution is 6.30. The normalized spacial score (nSPS) is 15.3. The molecule has 1 aliphatic rings. The number of benzene rings is 1. The summed E-state index contributed by atoms with van der Waals surface area (Å²) in [6.07, 6.45) is 6.69. The van der Waals surface area contributed by atoms with E-state index >= 15 is 0 Å². The van der Waals surface area contributed by atoms with Gasteiger partial charge in [0, 0.05) is 42.2 Å². The number of ether oxygens (including phenoxy) is 1. The molecule has 9 nitrogen and oxygen atoms in total. The highest BCUT2D eigenvalue weighted by Crippen LogP contribution is 2.19. The summed E-state index contributed by atoms with van der Waals surface area (Å²) in [4.78, 5) is 26.0. The van der Waals surface area contributed by atoms with Crippen molar-refractivity contribution in [1.29, 1.82) is 0 Å². The Balaban J connectivity index is 1.49. The second-order valence-corrected chi connectivity index (χ2v) is 8.10. The van der Waals surface area contributed by atoms with Gasteiger partial charge in [-0.15, -0.1) is 0 Å². The van der Waals surface area contributed by atoms with Crippen LogP contribution >= 0.6 is 11.6 Å². The number of halogens is 1. The van der Waals surface area contributed by atoms with Crippen molar-refractivity contribution in [2.24, 2.45) is 0 Å². The number of nitrogens with one attached hydrogen (secondary N) is 2. The Morgan fingerprint density at radius 1 is 1.34 bits per heavy atom. The van der Waals surface area contributed by atoms with Gasteiger partial charge in [0.2, 0.25) is 5.95 Å². The fraction of sp³-hybridized carbons (Fsp3) is 0.364. The molecule has 0 spiro atoms. The highest BCUT2D eigenvalue weighted by atomic mass is 35.5. The van der Waals surface area contributed by atoms with Crippen LogP contribution in [0.3, 0.4) is 0 Å². The summed E-state index contributed by atoms with van der Waals surface area (Å²) in [5.74, 6) is 0.753. The molecule has 32 heavy (non-hydrogen) atoms. The van der Waals surface area contributed by atoms with Crippen LogP contribution in [-0.4, -0.2) is 56.4 Å². The number of hydrogen-bond acceptors (Lipinski definition) is 7. The molecule has 3 aromatic rings. The van der Waals surface area contributed by atoms with Crippen LogP contribution in [0.4, 0.5) is 5.95 Å². The Morgan fingerprint density at radius 3 is 2.91 bits per heavy atom. The Bertz CT molecular complexity index is 1080. The number of imidazole rings is 1. The third-order valence-electron chi connectivity index (χ3n) is 5.30. The zero-order chi connectivity index (χ0) is 22.5. The summed E-state index contributed by atoms with van der Waals surface area (Å²) in [5, 5.41) is 16.4. The van der Waals surface area contributed by atoms with E-state index in [1.54, 1.807) is 41.2 Å². The molecule has 0 aliphatic carbocycles. The third kappa shape index (κ3) is 5.24. The molecule has 1 fully saturated rings. The third-order valence-corrected chi connectivity index (χ3v) is 5.53. The number of aliphatic hydroxyl groups excluding tert-OH is 1. The standard InChI is InChI=1S/C22H25ClN6O3/c1-14-10-24-22(26-17-5-7-32-8-6-17)28-20(14)29-11-18(25-13-29)21(31)27-19(12-30)15-3-2-4-16(23)9-15/h2-4,9-11,13,17,19,30H,5-8,12H2,1H3,(H,27,31)(H,24,26,28)/t19-/m0/s1. The lowest BCUT2D eigenvalue weighted by atomic mass is 10.1. The van der Waals surface area contributed by atoms with Gasteiger partial charge in [-0.3, -0.25) is 9.36 Å². The van der Waals surface area contributed by atoms with Crippen LogP contribution in [0.2, 0.25) is 5.02 Å². The maximum atomic E-state index is 12.7. The number of hydrogen-bond donors (Lipinski definition) is 3. The van der Waals surface area contributed by atoms with Crippen LogP contribution in [0, 0.1) is 6.92 Å². The number of carbonyl (C=O) groups is 1. The van der Waals surface area contributed by atoms with Crippen molar-refractivity contribution in [2.75, 3.05) is 25.1 Å². The number of anilines is 1. The second kappa shape index (κ2) is 10.1. The van der Waals surface area contributed by atoms with Crippen molar-refractivity contribution in [3.05, 3.63) is 64.8 Å². The van der Waals surface area contributed by atoms with Crippen molar-refractivity contribution >= 4 is 23.5 Å². The minimum Gasteiger partial charge on any atom is -0.394 e. The average Bonchev–Trinajstić information content (AvgIpc) is 3.29. The van der Waals surface area contributed by atoms with Crippen LogP contribution in [-0.2, 0) is 4.74 Å². The zero-order valence-electron chi connectivity index (χ0n) is 17.7. The van der Waals surface area contributed by atoms with Gasteiger partial charge in [-0.1, -0.05) is 23.7 Å². The summed E-state index contributed by atoms with van der Waals surface area (Å²) >= 11 is 6.03. The van der Waals surface area contributed by atoms with Crippen LogP contribution in [0.1, 0.15) is 40.5 Å². The van der Waals surface area contributed by atoms with Crippen LogP contribution in [0.5, 0.6) is 0 Å². The van der Waals surface area contributed by atoms with Gasteiger partial charge in [-0.05, 0) is 37.5 Å². The lowest BCUT2D eigenvalue weighted by Gasteiger charge is -2.23. The number of carbonyl (C=O) groups excluding carboxylic acids is 1. The summed E-state index contributed by atoms with van der Waals surface area (Å²) < 4.78 is 7.08. The van der Waals surface area contributed by atoms with Crippen molar-refractivity contribution in [2.45, 2.75) is 31.8 Å². The summed E-state index contributed by atoms with van der Waals surface area (Å²) in [6.45, 7) is 3.08. The Morgan fingerprint density at radius 2 is 2.16 bits per heavy atom. The van der Waals surface area contributed by atoms with Crippen molar-refractivity contribution in [3.8, 4) is 5.82 Å². The largest absolute Gasteiger partial charge is 0.394 e. The van der Waals surface area contributed by atoms with E-state index in [4.69, 9.17) is 16.3 Å². The molecule has 0 unspecified atom stereocenters. The number of amides is 1. The second-order valence-electron chi connectivity index (χ2n) is 7.66. The van der Waals surface area contributed by atoms with Gasteiger partial charge < -0.3 is 20.5 Å². The van der Waals surface area contributed by atoms with E-state index in [9.17, 15) is 9.90 Å². The topological polar surface area (TPSA) is 114 Å². The molecule has 10 heteroatoms. The van der Waals surface area contributed by atoms with Gasteiger partial charge in [-0.25, -0.2) is 9.97 Å². The lowest BCUT2D eigenvalue weighted by Crippen LogP contribution is -2.31. The van der Waals surface area contributed by atoms with Crippen LogP contribution in [0.15, 0.2) is 43.0 Å². The number of aliphatic hydroxyl groups is 1. The molecule has 0 radical (unpaired) electrons. The van der Waals surface area contributed by atoms with Crippen LogP contribution in [0.25, 0.3) is 5.82 Å². The first-order valence-corrected chi connectivity index (χ1v) is 10.8. The molecule has 168 valence electrons. The first kappa shape index (κ1) is 22.2. The molecule has 1 aromatic carbocycles. The molecule has 1 atom stereocenters. The Labute approximate surface area is 190 Å². The monoisotopic (exact) mass is 456 g/mol. The molecule has 1 saturated heterocycles. The highest BCUT2D eigenvalue weighted by Gasteiger charge is 2.19. The number of nitrogens with zero attached hydrogens (tertiary/aromatic N) is 4. The van der Waals surface area contributed by atoms with Crippen molar-refractivity contribution in [3.63, 3.8) is 0 Å².